The Morgan fingerprint density at radius 2 is 2.33 bits per heavy atom. The van der Waals surface area contributed by atoms with Crippen LogP contribution in [0.25, 0.3) is 0 Å². The first kappa shape index (κ1) is 14.1. The fourth-order valence-corrected chi connectivity index (χ4v) is 4.68. The molecule has 0 aliphatic carbocycles. The number of nitrogens with one attached hydrogen (secondary N) is 1. The summed E-state index contributed by atoms with van der Waals surface area (Å²) in [5.74, 6) is 4.91. The molecule has 1 N–H and O–H groups in total. The van der Waals surface area contributed by atoms with Crippen molar-refractivity contribution in [3.63, 3.8) is 0 Å². The molecule has 0 spiro atoms. The van der Waals surface area contributed by atoms with Gasteiger partial charge in [-0.2, -0.15) is 23.5 Å². The van der Waals surface area contributed by atoms with Gasteiger partial charge in [0.15, 0.2) is 0 Å². The van der Waals surface area contributed by atoms with E-state index >= 15 is 0 Å². The molecule has 2 heterocycles. The number of aromatic nitrogens is 2. The van der Waals surface area contributed by atoms with Crippen molar-refractivity contribution in [3.05, 3.63) is 11.9 Å². The highest BCUT2D eigenvalue weighted by Gasteiger charge is 2.14. The summed E-state index contributed by atoms with van der Waals surface area (Å²) in [7, 11) is 6.12. The molecule has 1 atom stereocenters. The lowest BCUT2D eigenvalue weighted by Gasteiger charge is -2.21. The van der Waals surface area contributed by atoms with Crippen LogP contribution in [0.1, 0.15) is 5.69 Å². The van der Waals surface area contributed by atoms with Gasteiger partial charge in [0, 0.05) is 56.7 Å². The lowest BCUT2D eigenvalue weighted by Crippen LogP contribution is -2.29. The average Bonchev–Trinajstić information content (AvgIpc) is 2.73. The predicted molar refractivity (Wildman–Crippen MR) is 82.8 cm³/mol. The van der Waals surface area contributed by atoms with Gasteiger partial charge in [-0.05, 0) is 0 Å². The van der Waals surface area contributed by atoms with Crippen LogP contribution in [0.4, 0.5) is 5.95 Å². The molecule has 1 aliphatic rings. The van der Waals surface area contributed by atoms with E-state index in [0.717, 1.165) is 24.3 Å². The van der Waals surface area contributed by atoms with E-state index in [9.17, 15) is 0 Å². The van der Waals surface area contributed by atoms with Crippen LogP contribution in [0.3, 0.4) is 0 Å². The van der Waals surface area contributed by atoms with E-state index in [1.807, 2.05) is 25.2 Å². The van der Waals surface area contributed by atoms with Crippen LogP contribution in [-0.4, -0.2) is 52.7 Å². The molecule has 102 valence electrons. The minimum absolute atomic E-state index is 0.769. The minimum Gasteiger partial charge on any atom is -0.348 e. The molecule has 0 radical (unpaired) electrons. The zero-order valence-electron chi connectivity index (χ0n) is 11.3. The Bertz CT molecular complexity index is 372. The Labute approximate surface area is 118 Å². The van der Waals surface area contributed by atoms with E-state index in [-0.39, 0.29) is 0 Å². The minimum atomic E-state index is 0.769. The quantitative estimate of drug-likeness (QED) is 0.885. The van der Waals surface area contributed by atoms with Gasteiger partial charge in [-0.3, -0.25) is 0 Å². The summed E-state index contributed by atoms with van der Waals surface area (Å²) in [6.45, 7) is 2.00. The topological polar surface area (TPSA) is 33.1 Å². The summed E-state index contributed by atoms with van der Waals surface area (Å²) >= 11 is 4.17. The van der Waals surface area contributed by atoms with Gasteiger partial charge in [-0.25, -0.2) is 4.98 Å². The van der Waals surface area contributed by atoms with Gasteiger partial charge in [0.25, 0.3) is 0 Å². The smallest absolute Gasteiger partial charge is 0.204 e. The SMILES string of the molecule is CN(C)c1ncc(CNCC2CSCCS2)n1C. The molecule has 1 aromatic heterocycles. The Kier molecular flexibility index (Phi) is 5.26. The van der Waals surface area contributed by atoms with Crippen molar-refractivity contribution >= 4 is 29.5 Å². The predicted octanol–water partition coefficient (Wildman–Crippen LogP) is 1.42. The third-order valence-corrected chi connectivity index (χ3v) is 5.87. The summed E-state index contributed by atoms with van der Waals surface area (Å²) in [4.78, 5) is 6.46. The number of nitrogens with zero attached hydrogens (tertiary/aromatic N) is 3. The summed E-state index contributed by atoms with van der Waals surface area (Å²) < 4.78 is 2.15. The van der Waals surface area contributed by atoms with Crippen LogP contribution in [0.2, 0.25) is 0 Å². The third-order valence-electron chi connectivity index (χ3n) is 3.02. The molecular formula is C12H22N4S2. The molecule has 6 heteroatoms. The van der Waals surface area contributed by atoms with Gasteiger partial charge < -0.3 is 14.8 Å². The van der Waals surface area contributed by atoms with Gasteiger partial charge in [0.05, 0.1) is 11.9 Å². The molecule has 2 rings (SSSR count). The molecule has 0 bridgehead atoms. The molecule has 18 heavy (non-hydrogen) atoms. The maximum absolute atomic E-state index is 4.42. The summed E-state index contributed by atoms with van der Waals surface area (Å²) in [5, 5.41) is 4.32. The van der Waals surface area contributed by atoms with Crippen LogP contribution >= 0.6 is 23.5 Å². The van der Waals surface area contributed by atoms with E-state index in [0.29, 0.717) is 0 Å². The summed E-state index contributed by atoms with van der Waals surface area (Å²) in [6.07, 6.45) is 1.96. The van der Waals surface area contributed by atoms with E-state index in [1.54, 1.807) is 0 Å². The number of hydrogen-bond acceptors (Lipinski definition) is 5. The molecule has 1 unspecified atom stereocenters. The van der Waals surface area contributed by atoms with E-state index < -0.39 is 0 Å². The number of rotatable bonds is 5. The van der Waals surface area contributed by atoms with Gasteiger partial charge in [0.1, 0.15) is 0 Å². The monoisotopic (exact) mass is 286 g/mol. The Balaban J connectivity index is 1.79. The van der Waals surface area contributed by atoms with Crippen molar-refractivity contribution in [2.45, 2.75) is 11.8 Å². The molecule has 1 fully saturated rings. The van der Waals surface area contributed by atoms with E-state index in [4.69, 9.17) is 0 Å². The fraction of sp³-hybridized carbons (Fsp3) is 0.750. The van der Waals surface area contributed by atoms with Gasteiger partial charge in [-0.15, -0.1) is 0 Å². The molecule has 1 saturated heterocycles. The largest absolute Gasteiger partial charge is 0.348 e. The zero-order chi connectivity index (χ0) is 13.0. The summed E-state index contributed by atoms with van der Waals surface area (Å²) in [5.41, 5.74) is 1.24. The maximum atomic E-state index is 4.42. The number of imidazole rings is 1. The second-order valence-corrected chi connectivity index (χ2v) is 7.26. The van der Waals surface area contributed by atoms with Crippen molar-refractivity contribution in [1.82, 2.24) is 14.9 Å². The maximum Gasteiger partial charge on any atom is 0.204 e. The van der Waals surface area contributed by atoms with Gasteiger partial charge >= 0.3 is 0 Å². The first-order valence-electron chi connectivity index (χ1n) is 6.26. The average molecular weight is 286 g/mol. The molecule has 0 amide bonds. The normalized spacial score (nSPS) is 20.1. The number of anilines is 1. The second kappa shape index (κ2) is 6.73. The molecule has 0 aromatic carbocycles. The molecular weight excluding hydrogens is 264 g/mol. The van der Waals surface area contributed by atoms with E-state index in [1.165, 1.54) is 23.0 Å². The molecule has 1 aromatic rings. The molecule has 0 saturated carbocycles. The fourth-order valence-electron chi connectivity index (χ4n) is 2.03. The first-order chi connectivity index (χ1) is 8.68. The van der Waals surface area contributed by atoms with Crippen molar-refractivity contribution in [2.75, 3.05) is 42.8 Å². The first-order valence-corrected chi connectivity index (χ1v) is 8.47. The lowest BCUT2D eigenvalue weighted by atomic mass is 10.4. The van der Waals surface area contributed by atoms with Crippen LogP contribution in [0.15, 0.2) is 6.20 Å². The van der Waals surface area contributed by atoms with Gasteiger partial charge in [-0.1, -0.05) is 0 Å². The Morgan fingerprint density at radius 1 is 1.50 bits per heavy atom. The number of thioether (sulfide) groups is 2. The zero-order valence-corrected chi connectivity index (χ0v) is 13.0. The van der Waals surface area contributed by atoms with Crippen LogP contribution in [-0.2, 0) is 13.6 Å². The second-order valence-electron chi connectivity index (χ2n) is 4.70. The van der Waals surface area contributed by atoms with E-state index in [2.05, 4.69) is 45.4 Å². The van der Waals surface area contributed by atoms with Crippen LogP contribution < -0.4 is 10.2 Å². The van der Waals surface area contributed by atoms with Crippen molar-refractivity contribution in [1.29, 1.82) is 0 Å². The Hall–Kier alpha value is -0.330. The third kappa shape index (κ3) is 3.59. The van der Waals surface area contributed by atoms with Gasteiger partial charge in [0.2, 0.25) is 5.95 Å². The van der Waals surface area contributed by atoms with Crippen LogP contribution in [0.5, 0.6) is 0 Å². The highest BCUT2D eigenvalue weighted by Crippen LogP contribution is 2.23. The van der Waals surface area contributed by atoms with Crippen molar-refractivity contribution < 1.29 is 0 Å². The molecule has 1 aliphatic heterocycles. The van der Waals surface area contributed by atoms with Crippen molar-refractivity contribution in [2.24, 2.45) is 7.05 Å². The highest BCUT2D eigenvalue weighted by molar-refractivity contribution is 8.06. The molecule has 4 nitrogen and oxygen atoms in total. The van der Waals surface area contributed by atoms with Crippen LogP contribution in [0, 0.1) is 0 Å². The Morgan fingerprint density at radius 3 is 2.94 bits per heavy atom. The van der Waals surface area contributed by atoms with Crippen molar-refractivity contribution in [3.8, 4) is 0 Å². The number of hydrogen-bond donors (Lipinski definition) is 1. The standard InChI is InChI=1S/C12H22N4S2/c1-15(2)12-14-7-10(16(12)3)6-13-8-11-9-17-4-5-18-11/h7,11,13H,4-6,8-9H2,1-3H3. The summed E-state index contributed by atoms with van der Waals surface area (Å²) in [6, 6.07) is 0. The highest BCUT2D eigenvalue weighted by atomic mass is 32.2. The lowest BCUT2D eigenvalue weighted by molar-refractivity contribution is 0.651.